The smallest absolute Gasteiger partial charge is 0.266 e. The van der Waals surface area contributed by atoms with Crippen LogP contribution in [0.4, 0.5) is 0 Å². The van der Waals surface area contributed by atoms with Crippen LogP contribution >= 0.6 is 0 Å². The highest BCUT2D eigenvalue weighted by molar-refractivity contribution is 7.90. The van der Waals surface area contributed by atoms with Gasteiger partial charge in [-0.3, -0.25) is 9.59 Å². The fourth-order valence-corrected chi connectivity index (χ4v) is 4.02. The molecule has 1 aliphatic rings. The SMILES string of the molecule is C=C[C@@H]1C[C@@]1(C(N)=O)C(=O)NS(=O)(=O)c1cccc2cc[nH]c12. The predicted octanol–water partition coefficient (Wildman–Crippen LogP) is 0.650. The Morgan fingerprint density at radius 1 is 1.39 bits per heavy atom. The van der Waals surface area contributed by atoms with E-state index >= 15 is 0 Å². The van der Waals surface area contributed by atoms with Gasteiger partial charge in [-0.2, -0.15) is 0 Å². The van der Waals surface area contributed by atoms with Crippen LogP contribution in [0.1, 0.15) is 6.42 Å². The summed E-state index contributed by atoms with van der Waals surface area (Å²) >= 11 is 0. The lowest BCUT2D eigenvalue weighted by molar-refractivity contribution is -0.134. The van der Waals surface area contributed by atoms with Gasteiger partial charge in [-0.25, -0.2) is 13.1 Å². The minimum absolute atomic E-state index is 0.0660. The van der Waals surface area contributed by atoms with Crippen LogP contribution in [0.3, 0.4) is 0 Å². The van der Waals surface area contributed by atoms with E-state index in [1.807, 2.05) is 4.72 Å². The number of rotatable bonds is 5. The molecule has 0 radical (unpaired) electrons. The van der Waals surface area contributed by atoms with Gasteiger partial charge in [0.2, 0.25) is 11.8 Å². The Balaban J connectivity index is 1.96. The summed E-state index contributed by atoms with van der Waals surface area (Å²) in [4.78, 5) is 26.7. The molecule has 1 aromatic heterocycles. The molecule has 3 rings (SSSR count). The summed E-state index contributed by atoms with van der Waals surface area (Å²) < 4.78 is 27.0. The maximum Gasteiger partial charge on any atom is 0.266 e. The molecule has 4 N–H and O–H groups in total. The van der Waals surface area contributed by atoms with E-state index < -0.39 is 33.2 Å². The second-order valence-electron chi connectivity index (χ2n) is 5.51. The van der Waals surface area contributed by atoms with Crippen molar-refractivity contribution in [1.82, 2.24) is 9.71 Å². The highest BCUT2D eigenvalue weighted by Crippen LogP contribution is 2.53. The molecule has 120 valence electrons. The number of carbonyl (C=O) groups is 2. The van der Waals surface area contributed by atoms with Crippen molar-refractivity contribution < 1.29 is 18.0 Å². The van der Waals surface area contributed by atoms with Gasteiger partial charge in [0, 0.05) is 17.5 Å². The standard InChI is InChI=1S/C15H15N3O4S/c1-2-10-8-15(10,13(16)19)14(20)18-23(21,22)11-5-3-4-9-6-7-17-12(9)11/h2-7,10,17H,1,8H2,(H2,16,19)(H,18,20)/t10-,15-/m1/s1. The Hall–Kier alpha value is -2.61. The molecule has 23 heavy (non-hydrogen) atoms. The van der Waals surface area contributed by atoms with Gasteiger partial charge in [0.25, 0.3) is 10.0 Å². The van der Waals surface area contributed by atoms with Crippen LogP contribution in [0.25, 0.3) is 10.9 Å². The van der Waals surface area contributed by atoms with Gasteiger partial charge < -0.3 is 10.7 Å². The summed E-state index contributed by atoms with van der Waals surface area (Å²) in [6.07, 6.45) is 3.20. The minimum Gasteiger partial charge on any atom is -0.369 e. The highest BCUT2D eigenvalue weighted by Gasteiger charge is 2.64. The van der Waals surface area contributed by atoms with Crippen molar-refractivity contribution in [3.63, 3.8) is 0 Å². The van der Waals surface area contributed by atoms with E-state index in [4.69, 9.17) is 5.73 Å². The zero-order chi connectivity index (χ0) is 16.8. The van der Waals surface area contributed by atoms with Gasteiger partial charge in [0.15, 0.2) is 0 Å². The van der Waals surface area contributed by atoms with Gasteiger partial charge in [0.1, 0.15) is 10.3 Å². The van der Waals surface area contributed by atoms with E-state index in [9.17, 15) is 18.0 Å². The lowest BCUT2D eigenvalue weighted by Crippen LogP contribution is -2.44. The van der Waals surface area contributed by atoms with Crippen molar-refractivity contribution in [2.75, 3.05) is 0 Å². The zero-order valence-corrected chi connectivity index (χ0v) is 12.9. The van der Waals surface area contributed by atoms with Crippen LogP contribution in [-0.4, -0.2) is 25.2 Å². The third-order valence-corrected chi connectivity index (χ3v) is 5.58. The fraction of sp³-hybridized carbons (Fsp3) is 0.200. The average molecular weight is 333 g/mol. The van der Waals surface area contributed by atoms with E-state index in [1.54, 1.807) is 24.4 Å². The van der Waals surface area contributed by atoms with Crippen LogP contribution < -0.4 is 10.5 Å². The van der Waals surface area contributed by atoms with Crippen molar-refractivity contribution in [2.45, 2.75) is 11.3 Å². The topological polar surface area (TPSA) is 122 Å². The Labute approximate surface area is 132 Å². The Bertz CT molecular complexity index is 931. The van der Waals surface area contributed by atoms with Crippen LogP contribution in [0.2, 0.25) is 0 Å². The number of nitrogens with one attached hydrogen (secondary N) is 2. The molecule has 1 aromatic carbocycles. The molecule has 8 heteroatoms. The van der Waals surface area contributed by atoms with Crippen LogP contribution in [0, 0.1) is 11.3 Å². The zero-order valence-electron chi connectivity index (χ0n) is 12.1. The predicted molar refractivity (Wildman–Crippen MR) is 83.6 cm³/mol. The number of hydrogen-bond donors (Lipinski definition) is 3. The van der Waals surface area contributed by atoms with Crippen LogP contribution in [0.5, 0.6) is 0 Å². The van der Waals surface area contributed by atoms with E-state index in [-0.39, 0.29) is 11.3 Å². The maximum atomic E-state index is 12.5. The summed E-state index contributed by atoms with van der Waals surface area (Å²) in [6.45, 7) is 3.53. The molecule has 0 unspecified atom stereocenters. The van der Waals surface area contributed by atoms with Gasteiger partial charge in [-0.15, -0.1) is 6.58 Å². The number of para-hydroxylation sites is 1. The van der Waals surface area contributed by atoms with Crippen molar-refractivity contribution in [3.05, 3.63) is 43.1 Å². The van der Waals surface area contributed by atoms with Gasteiger partial charge >= 0.3 is 0 Å². The van der Waals surface area contributed by atoms with E-state index in [2.05, 4.69) is 11.6 Å². The number of allylic oxidation sites excluding steroid dienone is 1. The van der Waals surface area contributed by atoms with Crippen LogP contribution in [0.15, 0.2) is 48.0 Å². The lowest BCUT2D eigenvalue weighted by atomic mass is 10.0. The number of hydrogen-bond acceptors (Lipinski definition) is 4. The third-order valence-electron chi connectivity index (χ3n) is 4.21. The number of amides is 2. The first-order chi connectivity index (χ1) is 10.8. The molecule has 0 saturated heterocycles. The monoisotopic (exact) mass is 333 g/mol. The molecule has 1 heterocycles. The van der Waals surface area contributed by atoms with Gasteiger partial charge in [0.05, 0.1) is 5.52 Å². The minimum atomic E-state index is -4.14. The first kappa shape index (κ1) is 15.3. The first-order valence-electron chi connectivity index (χ1n) is 6.89. The molecule has 2 atom stereocenters. The molecule has 1 fully saturated rings. The maximum absolute atomic E-state index is 12.5. The second kappa shape index (κ2) is 4.95. The van der Waals surface area contributed by atoms with Crippen molar-refractivity contribution >= 4 is 32.7 Å². The number of benzene rings is 1. The largest absolute Gasteiger partial charge is 0.369 e. The molecule has 7 nitrogen and oxygen atoms in total. The van der Waals surface area contributed by atoms with Crippen LogP contribution in [-0.2, 0) is 19.6 Å². The van der Waals surface area contributed by atoms with E-state index in [0.29, 0.717) is 10.9 Å². The summed E-state index contributed by atoms with van der Waals surface area (Å²) in [5.74, 6) is -2.22. The van der Waals surface area contributed by atoms with Crippen molar-refractivity contribution in [3.8, 4) is 0 Å². The molecule has 0 bridgehead atoms. The normalized spacial score (nSPS) is 23.4. The summed E-state index contributed by atoms with van der Waals surface area (Å²) in [5, 5.41) is 0.695. The molecule has 2 aromatic rings. The van der Waals surface area contributed by atoms with Crippen molar-refractivity contribution in [2.24, 2.45) is 17.1 Å². The Morgan fingerprint density at radius 3 is 2.74 bits per heavy atom. The molecular weight excluding hydrogens is 318 g/mol. The number of fused-ring (bicyclic) bond motifs is 1. The Morgan fingerprint density at radius 2 is 2.13 bits per heavy atom. The number of primary amides is 1. The van der Waals surface area contributed by atoms with E-state index in [1.165, 1.54) is 12.1 Å². The molecule has 1 aliphatic carbocycles. The highest BCUT2D eigenvalue weighted by atomic mass is 32.2. The number of aromatic nitrogens is 1. The molecule has 0 spiro atoms. The molecule has 1 saturated carbocycles. The van der Waals surface area contributed by atoms with Crippen molar-refractivity contribution in [1.29, 1.82) is 0 Å². The van der Waals surface area contributed by atoms with Gasteiger partial charge in [-0.1, -0.05) is 18.2 Å². The first-order valence-corrected chi connectivity index (χ1v) is 8.37. The number of carbonyl (C=O) groups excluding carboxylic acids is 2. The summed E-state index contributed by atoms with van der Waals surface area (Å²) in [6, 6.07) is 6.41. The van der Waals surface area contributed by atoms with E-state index in [0.717, 1.165) is 0 Å². The lowest BCUT2D eigenvalue weighted by Gasteiger charge is -2.14. The number of H-pyrrole nitrogens is 1. The summed E-state index contributed by atoms with van der Waals surface area (Å²) in [7, 11) is -4.14. The summed E-state index contributed by atoms with van der Waals surface area (Å²) in [5.41, 5.74) is 4.14. The van der Waals surface area contributed by atoms with Gasteiger partial charge in [-0.05, 0) is 18.6 Å². The Kier molecular flexibility index (Phi) is 3.29. The fourth-order valence-electron chi connectivity index (χ4n) is 2.78. The average Bonchev–Trinajstić information content (AvgIpc) is 3.07. The molecule has 0 aliphatic heterocycles. The number of aromatic amines is 1. The third kappa shape index (κ3) is 2.22. The number of nitrogens with two attached hydrogens (primary N) is 1. The molecular formula is C15H15N3O4S. The quantitative estimate of drug-likeness (QED) is 0.549. The second-order valence-corrected chi connectivity index (χ2v) is 7.17. The molecule has 2 amide bonds. The number of sulfonamides is 1.